The monoisotopic (exact) mass is 255 g/mol. The Morgan fingerprint density at radius 2 is 2.53 bits per heavy atom. The zero-order valence-electron chi connectivity index (χ0n) is 9.77. The molecular weight excluding hydrogens is 238 g/mol. The molecule has 1 aliphatic rings. The van der Waals surface area contributed by atoms with Gasteiger partial charge in [0, 0.05) is 19.6 Å². The Hall–Kier alpha value is -1.27. The molecule has 5 nitrogen and oxygen atoms in total. The maximum absolute atomic E-state index is 11.7. The molecule has 1 atom stereocenters. The molecule has 2 rings (SSSR count). The van der Waals surface area contributed by atoms with Crippen LogP contribution in [0.1, 0.15) is 23.0 Å². The van der Waals surface area contributed by atoms with Gasteiger partial charge in [-0.1, -0.05) is 0 Å². The van der Waals surface area contributed by atoms with Gasteiger partial charge in [-0.3, -0.25) is 4.79 Å². The minimum atomic E-state index is -0.272. The lowest BCUT2D eigenvalue weighted by molar-refractivity contribution is 0.0960. The van der Waals surface area contributed by atoms with Gasteiger partial charge in [0.1, 0.15) is 4.88 Å². The van der Waals surface area contributed by atoms with Crippen LogP contribution in [0.3, 0.4) is 0 Å². The lowest BCUT2D eigenvalue weighted by atomic mass is 10.3. The van der Waals surface area contributed by atoms with Crippen LogP contribution in [0.25, 0.3) is 0 Å². The molecule has 94 valence electrons. The van der Waals surface area contributed by atoms with Crippen molar-refractivity contribution in [1.29, 1.82) is 0 Å². The molecule has 0 bridgehead atoms. The first kappa shape index (κ1) is 12.2. The molecule has 0 aromatic carbocycles. The second kappa shape index (κ2) is 4.93. The fourth-order valence-electron chi connectivity index (χ4n) is 1.91. The smallest absolute Gasteiger partial charge is 0.263 e. The van der Waals surface area contributed by atoms with Crippen LogP contribution in [0.4, 0.5) is 10.7 Å². The van der Waals surface area contributed by atoms with Crippen molar-refractivity contribution in [3.8, 4) is 0 Å². The fraction of sp³-hybridized carbons (Fsp3) is 0.545. The van der Waals surface area contributed by atoms with Crippen molar-refractivity contribution in [1.82, 2.24) is 5.32 Å². The molecule has 1 fully saturated rings. The Labute approximate surface area is 104 Å². The van der Waals surface area contributed by atoms with E-state index in [4.69, 9.17) is 5.73 Å². The first-order chi connectivity index (χ1) is 8.11. The van der Waals surface area contributed by atoms with Crippen LogP contribution < -0.4 is 16.0 Å². The van der Waals surface area contributed by atoms with Crippen LogP contribution in [0.2, 0.25) is 0 Å². The lowest BCUT2D eigenvalue weighted by Gasteiger charge is -2.14. The van der Waals surface area contributed by atoms with E-state index >= 15 is 0 Å². The molecule has 2 heterocycles. The largest absolute Gasteiger partial charge is 0.397 e. The van der Waals surface area contributed by atoms with E-state index in [1.165, 1.54) is 11.3 Å². The molecule has 0 radical (unpaired) electrons. The number of hydrogen-bond acceptors (Lipinski definition) is 5. The van der Waals surface area contributed by atoms with Crippen molar-refractivity contribution >= 4 is 27.9 Å². The normalized spacial score (nSPS) is 19.6. The number of nitrogens with zero attached hydrogens (tertiary/aromatic N) is 1. The number of rotatable bonds is 3. The number of amides is 1. The topological polar surface area (TPSA) is 78.6 Å². The highest BCUT2D eigenvalue weighted by atomic mass is 32.1. The van der Waals surface area contributed by atoms with Gasteiger partial charge < -0.3 is 21.1 Å². The average molecular weight is 255 g/mol. The first-order valence-corrected chi connectivity index (χ1v) is 6.54. The molecule has 1 saturated heterocycles. The maximum atomic E-state index is 11.7. The highest BCUT2D eigenvalue weighted by Gasteiger charge is 2.23. The van der Waals surface area contributed by atoms with E-state index < -0.39 is 0 Å². The van der Waals surface area contributed by atoms with E-state index in [0.717, 1.165) is 18.0 Å². The van der Waals surface area contributed by atoms with Crippen LogP contribution in [-0.2, 0) is 0 Å². The SMILES string of the molecule is CCNC(=O)c1sc(N2CCC(O)C2)cc1N. The third-order valence-corrected chi connectivity index (χ3v) is 3.98. The predicted molar refractivity (Wildman–Crippen MR) is 69.6 cm³/mol. The van der Waals surface area contributed by atoms with E-state index in [2.05, 4.69) is 10.2 Å². The summed E-state index contributed by atoms with van der Waals surface area (Å²) < 4.78 is 0. The van der Waals surface area contributed by atoms with E-state index in [1.807, 2.05) is 13.0 Å². The Kier molecular flexibility index (Phi) is 3.54. The highest BCUT2D eigenvalue weighted by Crippen LogP contribution is 2.33. The molecule has 1 unspecified atom stereocenters. The highest BCUT2D eigenvalue weighted by molar-refractivity contribution is 7.18. The number of aliphatic hydroxyl groups excluding tert-OH is 1. The number of aliphatic hydroxyl groups is 1. The molecule has 0 aliphatic carbocycles. The molecule has 1 aromatic rings. The molecule has 0 spiro atoms. The number of carbonyl (C=O) groups is 1. The zero-order chi connectivity index (χ0) is 12.4. The summed E-state index contributed by atoms with van der Waals surface area (Å²) in [5.41, 5.74) is 6.35. The van der Waals surface area contributed by atoms with Crippen LogP contribution in [0.15, 0.2) is 6.07 Å². The number of nitrogens with two attached hydrogens (primary N) is 1. The Bertz CT molecular complexity index is 419. The van der Waals surface area contributed by atoms with Gasteiger partial charge in [-0.15, -0.1) is 11.3 Å². The minimum Gasteiger partial charge on any atom is -0.397 e. The van der Waals surface area contributed by atoms with Crippen LogP contribution in [-0.4, -0.2) is 36.8 Å². The van der Waals surface area contributed by atoms with Crippen molar-refractivity contribution in [2.75, 3.05) is 30.3 Å². The summed E-state index contributed by atoms with van der Waals surface area (Å²) in [6, 6.07) is 1.81. The van der Waals surface area contributed by atoms with E-state index in [-0.39, 0.29) is 12.0 Å². The Morgan fingerprint density at radius 3 is 3.12 bits per heavy atom. The summed E-state index contributed by atoms with van der Waals surface area (Å²) in [5, 5.41) is 13.2. The van der Waals surface area contributed by atoms with Gasteiger partial charge in [0.15, 0.2) is 0 Å². The van der Waals surface area contributed by atoms with Crippen LogP contribution in [0.5, 0.6) is 0 Å². The van der Waals surface area contributed by atoms with Gasteiger partial charge in [-0.05, 0) is 19.4 Å². The number of nitrogen functional groups attached to an aromatic ring is 1. The maximum Gasteiger partial charge on any atom is 0.263 e. The quantitative estimate of drug-likeness (QED) is 0.741. The minimum absolute atomic E-state index is 0.124. The van der Waals surface area contributed by atoms with Crippen LogP contribution >= 0.6 is 11.3 Å². The number of β-amino-alcohol motifs (C(OH)–C–C–N with tert-alkyl or cyclic N) is 1. The standard InChI is InChI=1S/C11H17N3O2S/c1-2-13-11(16)10-8(12)5-9(17-10)14-4-3-7(15)6-14/h5,7,15H,2-4,6,12H2,1H3,(H,13,16). The molecule has 17 heavy (non-hydrogen) atoms. The summed E-state index contributed by atoms with van der Waals surface area (Å²) in [7, 11) is 0. The van der Waals surface area contributed by atoms with E-state index in [0.29, 0.717) is 23.7 Å². The van der Waals surface area contributed by atoms with E-state index in [1.54, 1.807) is 0 Å². The summed E-state index contributed by atoms with van der Waals surface area (Å²) >= 11 is 1.38. The van der Waals surface area contributed by atoms with Gasteiger partial charge in [-0.25, -0.2) is 0 Å². The van der Waals surface area contributed by atoms with E-state index in [9.17, 15) is 9.90 Å². The molecule has 4 N–H and O–H groups in total. The Morgan fingerprint density at radius 1 is 1.76 bits per heavy atom. The average Bonchev–Trinajstić information content (AvgIpc) is 2.85. The van der Waals surface area contributed by atoms with Gasteiger partial charge in [-0.2, -0.15) is 0 Å². The van der Waals surface area contributed by atoms with Gasteiger partial charge in [0.2, 0.25) is 0 Å². The summed E-state index contributed by atoms with van der Waals surface area (Å²) in [6.45, 7) is 3.90. The molecule has 1 amide bonds. The summed E-state index contributed by atoms with van der Waals surface area (Å²) in [5.74, 6) is -0.124. The molecule has 6 heteroatoms. The number of carbonyl (C=O) groups excluding carboxylic acids is 1. The van der Waals surface area contributed by atoms with Gasteiger partial charge >= 0.3 is 0 Å². The van der Waals surface area contributed by atoms with Crippen molar-refractivity contribution in [3.05, 3.63) is 10.9 Å². The van der Waals surface area contributed by atoms with Crippen molar-refractivity contribution in [3.63, 3.8) is 0 Å². The first-order valence-electron chi connectivity index (χ1n) is 5.72. The number of hydrogen-bond donors (Lipinski definition) is 3. The summed E-state index contributed by atoms with van der Waals surface area (Å²) in [4.78, 5) is 14.3. The molecular formula is C11H17N3O2S. The molecule has 1 aromatic heterocycles. The second-order valence-electron chi connectivity index (χ2n) is 4.12. The van der Waals surface area contributed by atoms with Crippen molar-refractivity contribution < 1.29 is 9.90 Å². The molecule has 1 aliphatic heterocycles. The van der Waals surface area contributed by atoms with Crippen molar-refractivity contribution in [2.24, 2.45) is 0 Å². The van der Waals surface area contributed by atoms with Gasteiger partial charge in [0.25, 0.3) is 5.91 Å². The zero-order valence-corrected chi connectivity index (χ0v) is 10.6. The lowest BCUT2D eigenvalue weighted by Crippen LogP contribution is -2.22. The van der Waals surface area contributed by atoms with Crippen LogP contribution in [0, 0.1) is 0 Å². The van der Waals surface area contributed by atoms with Gasteiger partial charge in [0.05, 0.1) is 16.8 Å². The third kappa shape index (κ3) is 2.53. The number of nitrogens with one attached hydrogen (secondary N) is 1. The third-order valence-electron chi connectivity index (χ3n) is 2.77. The summed E-state index contributed by atoms with van der Waals surface area (Å²) in [6.07, 6.45) is 0.500. The predicted octanol–water partition coefficient (Wildman–Crippen LogP) is 0.651. The fourth-order valence-corrected chi connectivity index (χ4v) is 2.94. The van der Waals surface area contributed by atoms with Crippen molar-refractivity contribution in [2.45, 2.75) is 19.4 Å². The molecule has 0 saturated carbocycles. The number of anilines is 2. The second-order valence-corrected chi connectivity index (χ2v) is 5.15. The Balaban J connectivity index is 2.15. The number of thiophene rings is 1.